The van der Waals surface area contributed by atoms with E-state index in [9.17, 15) is 9.59 Å². The van der Waals surface area contributed by atoms with Crippen molar-refractivity contribution in [2.75, 3.05) is 31.7 Å². The fraction of sp³-hybridized carbons (Fsp3) is 0.655. The third kappa shape index (κ3) is 7.61. The molecule has 3 aromatic heterocycles. The molecule has 5 unspecified atom stereocenters. The number of ether oxygens (including phenoxy) is 5. The van der Waals surface area contributed by atoms with Gasteiger partial charge in [-0.15, -0.1) is 0 Å². The number of nitrogen functional groups attached to an aromatic ring is 2. The zero-order valence-corrected chi connectivity index (χ0v) is 27.8. The summed E-state index contributed by atoms with van der Waals surface area (Å²) in [6.07, 6.45) is 3.82. The number of carbonyl (C=O) groups is 1. The van der Waals surface area contributed by atoms with E-state index in [-0.39, 0.29) is 30.6 Å². The van der Waals surface area contributed by atoms with E-state index in [2.05, 4.69) is 37.5 Å². The van der Waals surface area contributed by atoms with Crippen LogP contribution in [0.3, 0.4) is 0 Å². The van der Waals surface area contributed by atoms with Crippen LogP contribution in [0.5, 0.6) is 0 Å². The molecule has 5 rings (SSSR count). The Kier molecular flexibility index (Phi) is 9.91. The Hall–Kier alpha value is -3.35. The molecule has 0 saturated carbocycles. The second kappa shape index (κ2) is 13.4. The van der Waals surface area contributed by atoms with Crippen LogP contribution >= 0.6 is 12.6 Å². The van der Waals surface area contributed by atoms with Crippen LogP contribution in [0.1, 0.15) is 59.3 Å². The second-order valence-electron chi connectivity index (χ2n) is 12.9. The van der Waals surface area contributed by atoms with Gasteiger partial charge in [0.15, 0.2) is 23.5 Å². The zero-order chi connectivity index (χ0) is 33.4. The molecule has 2 saturated heterocycles. The van der Waals surface area contributed by atoms with Gasteiger partial charge in [0, 0.05) is 38.5 Å². The van der Waals surface area contributed by atoms with E-state index >= 15 is 0 Å². The molecule has 0 amide bonds. The monoisotopic (exact) mass is 661 g/mol. The van der Waals surface area contributed by atoms with Crippen molar-refractivity contribution in [3.63, 3.8) is 0 Å². The number of hydrogen-bond donors (Lipinski definition) is 3. The summed E-state index contributed by atoms with van der Waals surface area (Å²) in [5, 5.41) is -0.646. The van der Waals surface area contributed by atoms with Crippen molar-refractivity contribution < 1.29 is 28.5 Å². The summed E-state index contributed by atoms with van der Waals surface area (Å²) >= 11 is 4.53. The normalized spacial score (nSPS) is 23.2. The van der Waals surface area contributed by atoms with Crippen LogP contribution in [0.25, 0.3) is 11.2 Å². The third-order valence-electron chi connectivity index (χ3n) is 7.68. The molecule has 46 heavy (non-hydrogen) atoms. The molecule has 16 nitrogen and oxygen atoms in total. The van der Waals surface area contributed by atoms with E-state index in [4.69, 9.17) is 35.2 Å². The van der Waals surface area contributed by atoms with Crippen molar-refractivity contribution in [1.82, 2.24) is 34.0 Å². The molecule has 0 bridgehead atoms. The number of esters is 1. The number of hydrogen-bond acceptors (Lipinski definition) is 15. The number of nitrogens with zero attached hydrogens (tertiary/aromatic N) is 7. The molecule has 0 aromatic carbocycles. The van der Waals surface area contributed by atoms with E-state index in [1.807, 2.05) is 34.6 Å². The summed E-state index contributed by atoms with van der Waals surface area (Å²) in [5.41, 5.74) is 12.7. The van der Waals surface area contributed by atoms with E-state index in [1.165, 1.54) is 18.0 Å². The van der Waals surface area contributed by atoms with Crippen LogP contribution in [0.4, 0.5) is 11.6 Å². The van der Waals surface area contributed by atoms with E-state index < -0.39 is 40.6 Å². The molecular weight excluding hydrogens is 618 g/mol. The second-order valence-corrected chi connectivity index (χ2v) is 13.6. The number of nitrogens with two attached hydrogens (primary N) is 2. The van der Waals surface area contributed by atoms with Crippen LogP contribution < -0.4 is 17.2 Å². The van der Waals surface area contributed by atoms with Gasteiger partial charge in [0.2, 0.25) is 0 Å². The van der Waals surface area contributed by atoms with Gasteiger partial charge in [-0.1, -0.05) is 0 Å². The summed E-state index contributed by atoms with van der Waals surface area (Å²) in [6.45, 7) is 10.5. The first-order valence-electron chi connectivity index (χ1n) is 15.1. The smallest absolute Gasteiger partial charge is 0.351 e. The molecule has 0 radical (unpaired) electrons. The van der Waals surface area contributed by atoms with Gasteiger partial charge in [0.25, 0.3) is 0 Å². The van der Waals surface area contributed by atoms with Crippen molar-refractivity contribution in [2.24, 2.45) is 0 Å². The molecule has 3 aromatic rings. The molecule has 4 N–H and O–H groups in total. The first kappa shape index (κ1) is 34.0. The molecule has 17 heteroatoms. The third-order valence-corrected chi connectivity index (χ3v) is 8.15. The highest BCUT2D eigenvalue weighted by molar-refractivity contribution is 7.81. The number of carbonyl (C=O) groups excluding carboxylic acids is 1. The van der Waals surface area contributed by atoms with Gasteiger partial charge >= 0.3 is 11.7 Å². The van der Waals surface area contributed by atoms with Gasteiger partial charge < -0.3 is 35.2 Å². The molecule has 2 fully saturated rings. The number of rotatable bonds is 12. The van der Waals surface area contributed by atoms with Gasteiger partial charge in [0.05, 0.1) is 12.4 Å². The van der Waals surface area contributed by atoms with E-state index in [1.54, 1.807) is 17.1 Å². The Bertz CT molecular complexity index is 1610. The van der Waals surface area contributed by atoms with E-state index in [0.29, 0.717) is 49.2 Å². The highest BCUT2D eigenvalue weighted by atomic mass is 32.1. The first-order valence-corrected chi connectivity index (χ1v) is 15.6. The zero-order valence-electron chi connectivity index (χ0n) is 27.0. The molecule has 252 valence electrons. The minimum absolute atomic E-state index is 0.0312. The highest BCUT2D eigenvalue weighted by Gasteiger charge is 2.56. The number of thiol groups is 1. The van der Waals surface area contributed by atoms with Crippen LogP contribution in [-0.2, 0) is 41.8 Å². The summed E-state index contributed by atoms with van der Waals surface area (Å²) in [6, 6.07) is 0. The fourth-order valence-electron chi connectivity index (χ4n) is 5.69. The lowest BCUT2D eigenvalue weighted by atomic mass is 10.1. The molecule has 5 atom stereocenters. The Balaban J connectivity index is 1.36. The Morgan fingerprint density at radius 2 is 1.89 bits per heavy atom. The van der Waals surface area contributed by atoms with Crippen LogP contribution in [0, 0.1) is 0 Å². The molecule has 2 aliphatic rings. The van der Waals surface area contributed by atoms with Crippen molar-refractivity contribution in [3.05, 3.63) is 34.9 Å². The maximum atomic E-state index is 12.7. The number of aromatic nitrogens is 6. The molecule has 0 spiro atoms. The molecular formula is C29H43N9O7S. The lowest BCUT2D eigenvalue weighted by Crippen LogP contribution is -2.36. The predicted octanol–water partition coefficient (Wildman–Crippen LogP) is 1.49. The fourth-order valence-corrected chi connectivity index (χ4v) is 5.85. The number of methoxy groups -OCH3 is 1. The maximum absolute atomic E-state index is 12.7. The standard InChI is InChI=1S/C29H43N9O7S/c1-28(2,3)45-26(39)18(46)8-10-36(11-16-12-37(15-41-6)27(40)35-22(16)30)9-7-17-20-21(44-29(4,5)43-20)25(42-17)38-14-34-19-23(31)32-13-33-24(19)38/h12-14,17-18,20-21,25,46H,7-11,15H2,1-6H3,(H2,30,35,40)(H2,31,32,33). The van der Waals surface area contributed by atoms with Crippen LogP contribution in [0.2, 0.25) is 0 Å². The highest BCUT2D eigenvalue weighted by Crippen LogP contribution is 2.44. The summed E-state index contributed by atoms with van der Waals surface area (Å²) in [5.74, 6) is -0.835. The van der Waals surface area contributed by atoms with Crippen molar-refractivity contribution in [3.8, 4) is 0 Å². The topological polar surface area (TPSA) is 197 Å². The van der Waals surface area contributed by atoms with Crippen LogP contribution in [0.15, 0.2) is 23.6 Å². The van der Waals surface area contributed by atoms with Crippen molar-refractivity contribution in [1.29, 1.82) is 0 Å². The van der Waals surface area contributed by atoms with Crippen LogP contribution in [-0.4, -0.2) is 95.1 Å². The maximum Gasteiger partial charge on any atom is 0.351 e. The first-order chi connectivity index (χ1) is 21.7. The number of imidazole rings is 1. The largest absolute Gasteiger partial charge is 0.459 e. The lowest BCUT2D eigenvalue weighted by Gasteiger charge is -2.28. The van der Waals surface area contributed by atoms with Gasteiger partial charge in [0.1, 0.15) is 47.5 Å². The van der Waals surface area contributed by atoms with E-state index in [0.717, 1.165) is 0 Å². The van der Waals surface area contributed by atoms with Crippen molar-refractivity contribution in [2.45, 2.75) is 102 Å². The lowest BCUT2D eigenvalue weighted by molar-refractivity contribution is -0.197. The van der Waals surface area contributed by atoms with Gasteiger partial charge in [-0.2, -0.15) is 17.6 Å². The quantitative estimate of drug-likeness (QED) is 0.186. The van der Waals surface area contributed by atoms with Crippen molar-refractivity contribution >= 4 is 41.4 Å². The summed E-state index contributed by atoms with van der Waals surface area (Å²) in [7, 11) is 1.49. The Morgan fingerprint density at radius 3 is 2.61 bits per heavy atom. The average Bonchev–Trinajstić information content (AvgIpc) is 3.63. The SMILES string of the molecule is COCn1cc(CN(CCC(S)C(=O)OC(C)(C)C)CCC2OC(n3cnc4c(N)ncnc43)C3OC(C)(C)OC23)c(N)nc1=O. The summed E-state index contributed by atoms with van der Waals surface area (Å²) in [4.78, 5) is 43.9. The van der Waals surface area contributed by atoms with Gasteiger partial charge in [-0.3, -0.25) is 18.8 Å². The van der Waals surface area contributed by atoms with Gasteiger partial charge in [-0.25, -0.2) is 19.7 Å². The Morgan fingerprint density at radius 1 is 1.15 bits per heavy atom. The summed E-state index contributed by atoms with van der Waals surface area (Å²) < 4.78 is 33.0. The predicted molar refractivity (Wildman–Crippen MR) is 171 cm³/mol. The molecule has 0 aliphatic carbocycles. The number of anilines is 2. The minimum Gasteiger partial charge on any atom is -0.459 e. The molecule has 5 heterocycles. The van der Waals surface area contributed by atoms with Gasteiger partial charge in [-0.05, 0) is 47.5 Å². The average molecular weight is 662 g/mol. The Labute approximate surface area is 272 Å². The minimum atomic E-state index is -0.832. The molecule has 2 aliphatic heterocycles. The number of fused-ring (bicyclic) bond motifs is 2.